The zero-order valence-electron chi connectivity index (χ0n) is 14.4. The molecule has 0 N–H and O–H groups in total. The van der Waals surface area contributed by atoms with Crippen LogP contribution in [0.3, 0.4) is 0 Å². The van der Waals surface area contributed by atoms with Crippen LogP contribution in [0.15, 0.2) is 47.9 Å². The number of para-hydroxylation sites is 1. The van der Waals surface area contributed by atoms with Gasteiger partial charge < -0.3 is 9.57 Å². The minimum Gasteiger partial charge on any atom is -0.455 e. The number of oxime groups is 1. The first-order chi connectivity index (χ1) is 11.6. The maximum Gasteiger partial charge on any atom is 0.418 e. The van der Waals surface area contributed by atoms with Crippen LogP contribution in [0, 0.1) is 0 Å². The van der Waals surface area contributed by atoms with Gasteiger partial charge in [-0.2, -0.15) is 13.2 Å². The molecule has 1 heterocycles. The van der Waals surface area contributed by atoms with Crippen LogP contribution in [0.5, 0.6) is 11.5 Å². The number of nitrogens with zero attached hydrogens (tertiary/aromatic N) is 2. The lowest BCUT2D eigenvalue weighted by molar-refractivity contribution is -0.137. The van der Waals surface area contributed by atoms with Crippen molar-refractivity contribution < 1.29 is 22.7 Å². The maximum absolute atomic E-state index is 12.8. The third kappa shape index (κ3) is 5.48. The smallest absolute Gasteiger partial charge is 0.418 e. The molecule has 7 heteroatoms. The summed E-state index contributed by atoms with van der Waals surface area (Å²) >= 11 is 0. The quantitative estimate of drug-likeness (QED) is 0.544. The number of benzene rings is 1. The van der Waals surface area contributed by atoms with Crippen molar-refractivity contribution in [1.82, 2.24) is 4.98 Å². The van der Waals surface area contributed by atoms with Gasteiger partial charge >= 0.3 is 6.18 Å². The monoisotopic (exact) mass is 352 g/mol. The number of hydrogen-bond acceptors (Lipinski definition) is 4. The fourth-order valence-electron chi connectivity index (χ4n) is 1.87. The second-order valence-electron chi connectivity index (χ2n) is 6.39. The van der Waals surface area contributed by atoms with Crippen molar-refractivity contribution in [1.29, 1.82) is 0 Å². The highest BCUT2D eigenvalue weighted by Crippen LogP contribution is 2.32. The Morgan fingerprint density at radius 1 is 1.08 bits per heavy atom. The Kier molecular flexibility index (Phi) is 5.35. The minimum atomic E-state index is -4.48. The molecule has 0 unspecified atom stereocenters. The highest BCUT2D eigenvalue weighted by atomic mass is 19.4. The second-order valence-corrected chi connectivity index (χ2v) is 6.39. The molecule has 0 saturated heterocycles. The average molecular weight is 352 g/mol. The van der Waals surface area contributed by atoms with E-state index in [1.54, 1.807) is 31.2 Å². The Bertz CT molecular complexity index is 765. The molecule has 25 heavy (non-hydrogen) atoms. The maximum atomic E-state index is 12.8. The van der Waals surface area contributed by atoms with Gasteiger partial charge in [-0.1, -0.05) is 17.3 Å². The van der Waals surface area contributed by atoms with Gasteiger partial charge in [0, 0.05) is 11.8 Å². The Morgan fingerprint density at radius 2 is 1.76 bits per heavy atom. The molecule has 4 nitrogen and oxygen atoms in total. The minimum absolute atomic E-state index is 0.00758. The molecule has 0 aliphatic heterocycles. The molecule has 0 aliphatic rings. The fraction of sp³-hybridized carbons (Fsp3) is 0.333. The van der Waals surface area contributed by atoms with E-state index in [1.165, 1.54) is 6.20 Å². The summed E-state index contributed by atoms with van der Waals surface area (Å²) in [6.07, 6.45) is -2.50. The van der Waals surface area contributed by atoms with Crippen LogP contribution in [-0.2, 0) is 11.0 Å². The van der Waals surface area contributed by atoms with E-state index in [1.807, 2.05) is 20.8 Å². The Hall–Kier alpha value is -2.57. The second kappa shape index (κ2) is 7.13. The summed E-state index contributed by atoms with van der Waals surface area (Å²) < 4.78 is 44.0. The molecule has 0 atom stereocenters. The van der Waals surface area contributed by atoms with E-state index in [2.05, 4.69) is 10.1 Å². The van der Waals surface area contributed by atoms with Gasteiger partial charge in [-0.25, -0.2) is 0 Å². The number of aromatic nitrogens is 1. The standard InChI is InChI=1S/C18H19F3N2O2/c1-12(23-25-17(2,3)4)15-7-5-6-8-16(15)24-14-9-13(10-22-11-14)18(19,20)21/h5-11H,1-4H3. The summed E-state index contributed by atoms with van der Waals surface area (Å²) in [6.45, 7) is 7.32. The predicted octanol–water partition coefficient (Wildman–Crippen LogP) is 5.43. The van der Waals surface area contributed by atoms with Crippen LogP contribution in [0.25, 0.3) is 0 Å². The van der Waals surface area contributed by atoms with E-state index >= 15 is 0 Å². The largest absolute Gasteiger partial charge is 0.455 e. The third-order valence-corrected chi connectivity index (χ3v) is 3.00. The SMILES string of the molecule is CC(=NOC(C)(C)C)c1ccccc1Oc1cncc(C(F)(F)F)c1. The number of ether oxygens (including phenoxy) is 1. The summed E-state index contributed by atoms with van der Waals surface area (Å²) in [6, 6.07) is 7.80. The summed E-state index contributed by atoms with van der Waals surface area (Å²) in [7, 11) is 0. The number of halogens is 3. The molecular formula is C18H19F3N2O2. The van der Waals surface area contributed by atoms with Crippen molar-refractivity contribution in [2.24, 2.45) is 5.16 Å². The first kappa shape index (κ1) is 18.8. The first-order valence-electron chi connectivity index (χ1n) is 7.58. The number of hydrogen-bond donors (Lipinski definition) is 0. The van der Waals surface area contributed by atoms with Crippen molar-refractivity contribution in [3.63, 3.8) is 0 Å². The van der Waals surface area contributed by atoms with Gasteiger partial charge in [0.15, 0.2) is 0 Å². The Morgan fingerprint density at radius 3 is 2.40 bits per heavy atom. The highest BCUT2D eigenvalue weighted by Gasteiger charge is 2.31. The fourth-order valence-corrected chi connectivity index (χ4v) is 1.87. The van der Waals surface area contributed by atoms with E-state index in [4.69, 9.17) is 9.57 Å². The lowest BCUT2D eigenvalue weighted by Gasteiger charge is -2.17. The van der Waals surface area contributed by atoms with Gasteiger partial charge in [0.25, 0.3) is 0 Å². The van der Waals surface area contributed by atoms with Gasteiger partial charge in [0.2, 0.25) is 0 Å². The van der Waals surface area contributed by atoms with E-state index < -0.39 is 17.3 Å². The Labute approximate surface area is 144 Å². The summed E-state index contributed by atoms with van der Waals surface area (Å²) in [5, 5.41) is 4.07. The number of rotatable bonds is 4. The normalized spacial score (nSPS) is 12.8. The van der Waals surface area contributed by atoms with Gasteiger partial charge in [-0.05, 0) is 45.9 Å². The van der Waals surface area contributed by atoms with Crippen LogP contribution in [0.4, 0.5) is 13.2 Å². The van der Waals surface area contributed by atoms with Crippen molar-refractivity contribution in [3.8, 4) is 11.5 Å². The van der Waals surface area contributed by atoms with E-state index in [0.29, 0.717) is 17.0 Å². The molecule has 0 aliphatic carbocycles. The van der Waals surface area contributed by atoms with Gasteiger partial charge in [0.1, 0.15) is 17.1 Å². The zero-order valence-corrected chi connectivity index (χ0v) is 14.4. The van der Waals surface area contributed by atoms with E-state index in [0.717, 1.165) is 12.3 Å². The van der Waals surface area contributed by atoms with E-state index in [9.17, 15) is 13.2 Å². The zero-order chi connectivity index (χ0) is 18.7. The topological polar surface area (TPSA) is 43.7 Å². The van der Waals surface area contributed by atoms with E-state index in [-0.39, 0.29) is 5.75 Å². The van der Waals surface area contributed by atoms with Gasteiger partial charge in [-0.3, -0.25) is 4.98 Å². The molecule has 0 amide bonds. The lowest BCUT2D eigenvalue weighted by Crippen LogP contribution is -2.16. The van der Waals surface area contributed by atoms with Crippen molar-refractivity contribution in [2.75, 3.05) is 0 Å². The van der Waals surface area contributed by atoms with Crippen molar-refractivity contribution in [2.45, 2.75) is 39.5 Å². The molecule has 1 aromatic heterocycles. The number of pyridine rings is 1. The molecule has 2 rings (SSSR count). The van der Waals surface area contributed by atoms with Crippen LogP contribution < -0.4 is 4.74 Å². The molecule has 1 aromatic carbocycles. The third-order valence-electron chi connectivity index (χ3n) is 3.00. The van der Waals surface area contributed by atoms with Crippen molar-refractivity contribution in [3.05, 3.63) is 53.9 Å². The van der Waals surface area contributed by atoms with Crippen molar-refractivity contribution >= 4 is 5.71 Å². The number of alkyl halides is 3. The molecule has 0 radical (unpaired) electrons. The molecule has 134 valence electrons. The molecule has 0 saturated carbocycles. The van der Waals surface area contributed by atoms with Gasteiger partial charge in [-0.15, -0.1) is 0 Å². The average Bonchev–Trinajstić information content (AvgIpc) is 2.52. The summed E-state index contributed by atoms with van der Waals surface area (Å²) in [5.74, 6) is 0.356. The van der Waals surface area contributed by atoms with Gasteiger partial charge in [0.05, 0.1) is 17.5 Å². The molecule has 2 aromatic rings. The van der Waals surface area contributed by atoms with Crippen LogP contribution in [0.2, 0.25) is 0 Å². The van der Waals surface area contributed by atoms with Crippen LogP contribution in [-0.4, -0.2) is 16.3 Å². The predicted molar refractivity (Wildman–Crippen MR) is 88.8 cm³/mol. The first-order valence-corrected chi connectivity index (χ1v) is 7.58. The Balaban J connectivity index is 2.30. The lowest BCUT2D eigenvalue weighted by atomic mass is 10.1. The molecule has 0 bridgehead atoms. The summed E-state index contributed by atoms with van der Waals surface area (Å²) in [5.41, 5.74) is -0.166. The molecule has 0 fully saturated rings. The molecule has 0 spiro atoms. The summed E-state index contributed by atoms with van der Waals surface area (Å²) in [4.78, 5) is 8.98. The highest BCUT2D eigenvalue weighted by molar-refractivity contribution is 6.00. The molecular weight excluding hydrogens is 333 g/mol. The van der Waals surface area contributed by atoms with Crippen LogP contribution >= 0.6 is 0 Å². The van der Waals surface area contributed by atoms with Crippen LogP contribution in [0.1, 0.15) is 38.8 Å².